The molecule has 3 aliphatic rings. The second-order valence-corrected chi connectivity index (χ2v) is 8.09. The summed E-state index contributed by atoms with van der Waals surface area (Å²) in [5.74, 6) is 0.822. The topological polar surface area (TPSA) is 46.5 Å². The van der Waals surface area contributed by atoms with Crippen molar-refractivity contribution in [3.63, 3.8) is 0 Å². The molecule has 0 amide bonds. The standard InChI is InChI=1S/C17H26O3/c1-11(18)20-10-13-7-12-8-15(2,3)9-14(12)16(4)5-6-17(13,16)19/h7,12,14,19H,5-6,8-10H2,1-4H3/t12-,14+,16-,17-/m1/s1. The van der Waals surface area contributed by atoms with Gasteiger partial charge in [-0.3, -0.25) is 4.79 Å². The number of fused-ring (bicyclic) bond motifs is 3. The van der Waals surface area contributed by atoms with E-state index in [1.54, 1.807) is 0 Å². The summed E-state index contributed by atoms with van der Waals surface area (Å²) in [5, 5.41) is 11.1. The summed E-state index contributed by atoms with van der Waals surface area (Å²) < 4.78 is 5.18. The number of hydrogen-bond acceptors (Lipinski definition) is 3. The lowest BCUT2D eigenvalue weighted by atomic mass is 9.45. The number of carbonyl (C=O) groups excluding carboxylic acids is 1. The fourth-order valence-electron chi connectivity index (χ4n) is 5.00. The van der Waals surface area contributed by atoms with Crippen LogP contribution in [0.3, 0.4) is 0 Å². The van der Waals surface area contributed by atoms with Crippen molar-refractivity contribution in [2.24, 2.45) is 22.7 Å². The molecule has 3 heteroatoms. The Labute approximate surface area is 121 Å². The lowest BCUT2D eigenvalue weighted by Gasteiger charge is -2.62. The van der Waals surface area contributed by atoms with Crippen molar-refractivity contribution in [1.29, 1.82) is 0 Å². The lowest BCUT2D eigenvalue weighted by Crippen LogP contribution is -2.63. The molecule has 2 fully saturated rings. The van der Waals surface area contributed by atoms with Crippen LogP contribution in [0.4, 0.5) is 0 Å². The van der Waals surface area contributed by atoms with Gasteiger partial charge in [0.1, 0.15) is 6.61 Å². The van der Waals surface area contributed by atoms with Gasteiger partial charge in [0.05, 0.1) is 5.60 Å². The van der Waals surface area contributed by atoms with Crippen LogP contribution in [-0.2, 0) is 9.53 Å². The fraction of sp³-hybridized carbons (Fsp3) is 0.824. The van der Waals surface area contributed by atoms with E-state index in [9.17, 15) is 9.90 Å². The van der Waals surface area contributed by atoms with Gasteiger partial charge in [0.25, 0.3) is 0 Å². The Morgan fingerprint density at radius 2 is 2.05 bits per heavy atom. The highest BCUT2D eigenvalue weighted by Crippen LogP contribution is 2.68. The van der Waals surface area contributed by atoms with E-state index in [1.807, 2.05) is 0 Å². The van der Waals surface area contributed by atoms with Crippen LogP contribution >= 0.6 is 0 Å². The zero-order valence-corrected chi connectivity index (χ0v) is 13.0. The first kappa shape index (κ1) is 14.1. The summed E-state index contributed by atoms with van der Waals surface area (Å²) in [4.78, 5) is 11.1. The first-order chi connectivity index (χ1) is 9.18. The van der Waals surface area contributed by atoms with Crippen LogP contribution in [0.5, 0.6) is 0 Å². The Balaban J connectivity index is 1.93. The highest BCUT2D eigenvalue weighted by Gasteiger charge is 2.66. The molecule has 3 nitrogen and oxygen atoms in total. The summed E-state index contributed by atoms with van der Waals surface area (Å²) in [6.07, 6.45) is 6.47. The smallest absolute Gasteiger partial charge is 0.302 e. The molecule has 4 atom stereocenters. The summed E-state index contributed by atoms with van der Waals surface area (Å²) in [5.41, 5.74) is 0.516. The van der Waals surface area contributed by atoms with Crippen LogP contribution < -0.4 is 0 Å². The predicted octanol–water partition coefficient (Wildman–Crippen LogP) is 3.07. The van der Waals surface area contributed by atoms with E-state index in [2.05, 4.69) is 26.8 Å². The van der Waals surface area contributed by atoms with Gasteiger partial charge in [0.15, 0.2) is 0 Å². The van der Waals surface area contributed by atoms with Crippen molar-refractivity contribution in [1.82, 2.24) is 0 Å². The molecule has 0 spiro atoms. The largest absolute Gasteiger partial charge is 0.461 e. The molecule has 0 heterocycles. The van der Waals surface area contributed by atoms with Crippen LogP contribution in [0, 0.1) is 22.7 Å². The van der Waals surface area contributed by atoms with Crippen molar-refractivity contribution in [3.8, 4) is 0 Å². The molecule has 0 saturated heterocycles. The third kappa shape index (κ3) is 1.78. The Morgan fingerprint density at radius 1 is 1.35 bits per heavy atom. The van der Waals surface area contributed by atoms with Crippen molar-refractivity contribution in [3.05, 3.63) is 11.6 Å². The molecule has 112 valence electrons. The van der Waals surface area contributed by atoms with Gasteiger partial charge in [-0.05, 0) is 48.5 Å². The molecule has 0 radical (unpaired) electrons. The first-order valence-corrected chi connectivity index (χ1v) is 7.75. The summed E-state index contributed by atoms with van der Waals surface area (Å²) in [7, 11) is 0. The molecule has 1 N–H and O–H groups in total. The maximum Gasteiger partial charge on any atom is 0.302 e. The van der Waals surface area contributed by atoms with Gasteiger partial charge < -0.3 is 9.84 Å². The Kier molecular flexibility index (Phi) is 2.89. The third-order valence-corrected chi connectivity index (χ3v) is 6.22. The number of aliphatic hydroxyl groups is 1. The SMILES string of the molecule is CC(=O)OCC1=C[C@@H]2CC(C)(C)C[C@@H]2[C@@]2(C)CC[C@@]12O. The van der Waals surface area contributed by atoms with E-state index in [0.717, 1.165) is 18.4 Å². The molecule has 2 saturated carbocycles. The van der Waals surface area contributed by atoms with Gasteiger partial charge in [-0.25, -0.2) is 0 Å². The predicted molar refractivity (Wildman–Crippen MR) is 77.0 cm³/mol. The van der Waals surface area contributed by atoms with E-state index in [-0.39, 0.29) is 18.0 Å². The third-order valence-electron chi connectivity index (χ3n) is 6.22. The van der Waals surface area contributed by atoms with E-state index in [4.69, 9.17) is 4.74 Å². The fourth-order valence-corrected chi connectivity index (χ4v) is 5.00. The molecule has 0 aromatic carbocycles. The molecule has 0 aromatic heterocycles. The summed E-state index contributed by atoms with van der Waals surface area (Å²) in [6, 6.07) is 0. The Hall–Kier alpha value is -0.830. The quantitative estimate of drug-likeness (QED) is 0.624. The Bertz CT molecular complexity index is 479. The molecule has 20 heavy (non-hydrogen) atoms. The molecule has 0 aliphatic heterocycles. The number of rotatable bonds is 2. The van der Waals surface area contributed by atoms with Crippen LogP contribution in [0.25, 0.3) is 0 Å². The number of allylic oxidation sites excluding steroid dienone is 1. The average molecular weight is 278 g/mol. The molecule has 0 unspecified atom stereocenters. The minimum Gasteiger partial charge on any atom is -0.461 e. The maximum absolute atomic E-state index is 11.1. The zero-order chi connectivity index (χ0) is 14.8. The van der Waals surface area contributed by atoms with Crippen LogP contribution in [0.1, 0.15) is 53.4 Å². The second kappa shape index (κ2) is 4.09. The highest BCUT2D eigenvalue weighted by molar-refractivity contribution is 5.66. The van der Waals surface area contributed by atoms with Gasteiger partial charge in [0, 0.05) is 12.3 Å². The molecule has 3 aliphatic carbocycles. The van der Waals surface area contributed by atoms with E-state index < -0.39 is 5.60 Å². The van der Waals surface area contributed by atoms with Crippen molar-refractivity contribution < 1.29 is 14.6 Å². The second-order valence-electron chi connectivity index (χ2n) is 8.09. The summed E-state index contributed by atoms with van der Waals surface area (Å²) >= 11 is 0. The molecule has 0 aromatic rings. The minimum absolute atomic E-state index is 0.0321. The van der Waals surface area contributed by atoms with Gasteiger partial charge >= 0.3 is 5.97 Å². The molecular formula is C17H26O3. The van der Waals surface area contributed by atoms with Gasteiger partial charge in [-0.2, -0.15) is 0 Å². The van der Waals surface area contributed by atoms with E-state index >= 15 is 0 Å². The van der Waals surface area contributed by atoms with Crippen molar-refractivity contribution in [2.45, 2.75) is 59.0 Å². The van der Waals surface area contributed by atoms with Gasteiger partial charge in [-0.15, -0.1) is 0 Å². The van der Waals surface area contributed by atoms with Crippen LogP contribution in [0.15, 0.2) is 11.6 Å². The van der Waals surface area contributed by atoms with Gasteiger partial charge in [0.2, 0.25) is 0 Å². The first-order valence-electron chi connectivity index (χ1n) is 7.75. The van der Waals surface area contributed by atoms with E-state index in [1.165, 1.54) is 19.8 Å². The maximum atomic E-state index is 11.1. The highest BCUT2D eigenvalue weighted by atomic mass is 16.5. The zero-order valence-electron chi connectivity index (χ0n) is 13.0. The monoisotopic (exact) mass is 278 g/mol. The van der Waals surface area contributed by atoms with Crippen LogP contribution in [0.2, 0.25) is 0 Å². The number of ether oxygens (including phenoxy) is 1. The number of hydrogen-bond donors (Lipinski definition) is 1. The minimum atomic E-state index is -0.746. The summed E-state index contributed by atoms with van der Waals surface area (Å²) in [6.45, 7) is 8.56. The molecule has 0 bridgehead atoms. The average Bonchev–Trinajstić information content (AvgIpc) is 2.65. The Morgan fingerprint density at radius 3 is 2.60 bits per heavy atom. The number of esters is 1. The normalized spacial score (nSPS) is 45.0. The molecule has 3 rings (SSSR count). The van der Waals surface area contributed by atoms with Gasteiger partial charge in [-0.1, -0.05) is 26.8 Å². The lowest BCUT2D eigenvalue weighted by molar-refractivity contribution is -0.179. The molecular weight excluding hydrogens is 252 g/mol. The number of carbonyl (C=O) groups is 1. The van der Waals surface area contributed by atoms with E-state index in [0.29, 0.717) is 17.3 Å². The van der Waals surface area contributed by atoms with Crippen molar-refractivity contribution in [2.75, 3.05) is 6.61 Å². The van der Waals surface area contributed by atoms with Crippen molar-refractivity contribution >= 4 is 5.97 Å². The van der Waals surface area contributed by atoms with Crippen LogP contribution in [-0.4, -0.2) is 23.3 Å².